The van der Waals surface area contributed by atoms with Gasteiger partial charge in [-0.25, -0.2) is 4.57 Å². The van der Waals surface area contributed by atoms with Gasteiger partial charge in [0.1, 0.15) is 19.3 Å². The second kappa shape index (κ2) is 25.2. The molecule has 0 aromatic heterocycles. The zero-order valence-corrected chi connectivity index (χ0v) is 27.0. The number of ether oxygens (including phenoxy) is 2. The summed E-state index contributed by atoms with van der Waals surface area (Å²) >= 11 is 0. The first-order valence-corrected chi connectivity index (χ1v) is 17.3. The largest absolute Gasteiger partial charge is 0.472 e. The number of nitrogens with zero attached hydrogens (tertiary/aromatic N) is 1. The van der Waals surface area contributed by atoms with Crippen LogP contribution in [0.2, 0.25) is 0 Å². The van der Waals surface area contributed by atoms with Crippen LogP contribution in [0.15, 0.2) is 0 Å². The molecule has 234 valence electrons. The second-order valence-corrected chi connectivity index (χ2v) is 13.3. The van der Waals surface area contributed by atoms with Crippen molar-refractivity contribution in [1.82, 2.24) is 0 Å². The van der Waals surface area contributed by atoms with Crippen LogP contribution in [0.25, 0.3) is 0 Å². The first-order valence-electron chi connectivity index (χ1n) is 15.8. The fraction of sp³-hybridized carbons (Fsp3) is 0.967. The fourth-order valence-electron chi connectivity index (χ4n) is 4.14. The van der Waals surface area contributed by atoms with Gasteiger partial charge in [0.2, 0.25) is 0 Å². The van der Waals surface area contributed by atoms with Crippen LogP contribution in [-0.4, -0.2) is 75.6 Å². The molecular weight excluding hydrogens is 517 g/mol. The number of rotatable bonds is 29. The lowest BCUT2D eigenvalue weighted by molar-refractivity contribution is -0.870. The number of carbonyl (C=O) groups is 1. The summed E-state index contributed by atoms with van der Waals surface area (Å²) in [4.78, 5) is 22.5. The van der Waals surface area contributed by atoms with Crippen molar-refractivity contribution in [1.29, 1.82) is 0 Å². The summed E-state index contributed by atoms with van der Waals surface area (Å²) in [6.45, 7) is 5.57. The minimum absolute atomic E-state index is 0.0925. The van der Waals surface area contributed by atoms with Crippen LogP contribution in [0.3, 0.4) is 0 Å². The molecule has 0 aliphatic rings. The molecule has 2 unspecified atom stereocenters. The molecule has 0 saturated carbocycles. The number of unbranched alkanes of at least 4 members (excludes halogenated alkanes) is 15. The van der Waals surface area contributed by atoms with Crippen molar-refractivity contribution in [2.24, 2.45) is 0 Å². The lowest BCUT2D eigenvalue weighted by Gasteiger charge is -2.24. The zero-order chi connectivity index (χ0) is 29.2. The number of phosphoric acid groups is 1. The Kier molecular flexibility index (Phi) is 24.9. The first kappa shape index (κ1) is 38.5. The van der Waals surface area contributed by atoms with Gasteiger partial charge in [-0.1, -0.05) is 110 Å². The molecule has 0 saturated heterocycles. The number of esters is 1. The average Bonchev–Trinajstić information content (AvgIpc) is 2.86. The summed E-state index contributed by atoms with van der Waals surface area (Å²) < 4.78 is 34.5. The number of hydrogen-bond donors (Lipinski definition) is 1. The van der Waals surface area contributed by atoms with Crippen LogP contribution in [0, 0.1) is 0 Å². The predicted molar refractivity (Wildman–Crippen MR) is 160 cm³/mol. The molecule has 0 rings (SSSR count). The highest BCUT2D eigenvalue weighted by Crippen LogP contribution is 2.43. The van der Waals surface area contributed by atoms with Crippen molar-refractivity contribution < 1.29 is 37.3 Å². The Balaban J connectivity index is 4.38. The van der Waals surface area contributed by atoms with Gasteiger partial charge in [0.05, 0.1) is 34.4 Å². The molecule has 8 nitrogen and oxygen atoms in total. The van der Waals surface area contributed by atoms with E-state index < -0.39 is 13.9 Å². The maximum absolute atomic E-state index is 12.5. The van der Waals surface area contributed by atoms with Gasteiger partial charge in [0.15, 0.2) is 0 Å². The molecule has 2 atom stereocenters. The predicted octanol–water partition coefficient (Wildman–Crippen LogP) is 7.82. The van der Waals surface area contributed by atoms with Crippen LogP contribution in [0.4, 0.5) is 0 Å². The maximum Gasteiger partial charge on any atom is 0.472 e. The number of carbonyl (C=O) groups excluding carboxylic acids is 1. The molecule has 1 N–H and O–H groups in total. The van der Waals surface area contributed by atoms with Gasteiger partial charge < -0.3 is 18.9 Å². The van der Waals surface area contributed by atoms with E-state index in [0.29, 0.717) is 24.1 Å². The molecule has 0 spiro atoms. The van der Waals surface area contributed by atoms with Gasteiger partial charge in [-0.05, 0) is 12.8 Å². The Labute approximate surface area is 240 Å². The Morgan fingerprint density at radius 2 is 1.18 bits per heavy atom. The van der Waals surface area contributed by atoms with Gasteiger partial charge in [0, 0.05) is 13.0 Å². The smallest absolute Gasteiger partial charge is 0.457 e. The van der Waals surface area contributed by atoms with Crippen molar-refractivity contribution in [3.63, 3.8) is 0 Å². The normalized spacial score (nSPS) is 14.3. The third-order valence-electron chi connectivity index (χ3n) is 6.67. The van der Waals surface area contributed by atoms with E-state index in [1.165, 1.54) is 77.0 Å². The van der Waals surface area contributed by atoms with E-state index >= 15 is 0 Å². The molecule has 0 aliphatic carbocycles. The summed E-state index contributed by atoms with van der Waals surface area (Å²) in [6.07, 6.45) is 19.9. The van der Waals surface area contributed by atoms with Crippen LogP contribution in [0.5, 0.6) is 0 Å². The Morgan fingerprint density at radius 1 is 0.692 bits per heavy atom. The molecular formula is C30H63NO7P+. The Morgan fingerprint density at radius 3 is 1.69 bits per heavy atom. The summed E-state index contributed by atoms with van der Waals surface area (Å²) in [7, 11) is 1.67. The van der Waals surface area contributed by atoms with Crippen LogP contribution >= 0.6 is 7.82 Å². The molecule has 0 amide bonds. The standard InChI is InChI=1S/C30H62NO7P/c1-6-8-10-12-14-16-17-19-21-23-30(32)38-29(27-35-25-22-20-18-15-13-11-9-7-2)28-37-39(33,34)36-26-24-31(3,4)5/h29H,6-28H2,1-5H3/p+1. The fourth-order valence-corrected chi connectivity index (χ4v) is 4.88. The highest BCUT2D eigenvalue weighted by Gasteiger charge is 2.26. The molecule has 0 aliphatic heterocycles. The lowest BCUT2D eigenvalue weighted by atomic mass is 10.1. The zero-order valence-electron chi connectivity index (χ0n) is 26.1. The number of hydrogen-bond acceptors (Lipinski definition) is 6. The van der Waals surface area contributed by atoms with Crippen molar-refractivity contribution in [3.05, 3.63) is 0 Å². The van der Waals surface area contributed by atoms with E-state index in [2.05, 4.69) is 13.8 Å². The number of quaternary nitrogens is 1. The second-order valence-electron chi connectivity index (χ2n) is 11.9. The molecule has 0 radical (unpaired) electrons. The van der Waals surface area contributed by atoms with Gasteiger partial charge in [0.25, 0.3) is 0 Å². The minimum Gasteiger partial charge on any atom is -0.457 e. The van der Waals surface area contributed by atoms with Crippen LogP contribution in [-0.2, 0) is 27.9 Å². The molecule has 0 aromatic carbocycles. The van der Waals surface area contributed by atoms with Crippen LogP contribution in [0.1, 0.15) is 129 Å². The third-order valence-corrected chi connectivity index (χ3v) is 7.65. The molecule has 9 heteroatoms. The van der Waals surface area contributed by atoms with Gasteiger partial charge in [-0.2, -0.15) is 0 Å². The van der Waals surface area contributed by atoms with Crippen molar-refractivity contribution in [2.45, 2.75) is 136 Å². The summed E-state index contributed by atoms with van der Waals surface area (Å²) in [6, 6.07) is 0. The average molecular weight is 581 g/mol. The maximum atomic E-state index is 12.5. The van der Waals surface area contributed by atoms with Gasteiger partial charge in [-0.3, -0.25) is 13.8 Å². The van der Waals surface area contributed by atoms with Gasteiger partial charge >= 0.3 is 13.8 Å². The minimum atomic E-state index is -4.24. The van der Waals surface area contributed by atoms with E-state index in [9.17, 15) is 14.3 Å². The highest BCUT2D eigenvalue weighted by atomic mass is 31.2. The van der Waals surface area contributed by atoms with Crippen molar-refractivity contribution in [2.75, 3.05) is 54.1 Å². The monoisotopic (exact) mass is 580 g/mol. The van der Waals surface area contributed by atoms with Crippen molar-refractivity contribution in [3.8, 4) is 0 Å². The number of phosphoric ester groups is 1. The molecule has 39 heavy (non-hydrogen) atoms. The van der Waals surface area contributed by atoms with E-state index in [1.807, 2.05) is 21.1 Å². The Bertz CT molecular complexity index is 613. The highest BCUT2D eigenvalue weighted by molar-refractivity contribution is 7.47. The van der Waals surface area contributed by atoms with E-state index in [0.717, 1.165) is 32.1 Å². The molecule has 0 heterocycles. The molecule has 0 bridgehead atoms. The SMILES string of the molecule is CCCCCCCCCCCC(=O)OC(COCCCCCCCCCC)COP(=O)(O)OCC[N+](C)(C)C. The summed E-state index contributed by atoms with van der Waals surface area (Å²) in [5.41, 5.74) is 0. The molecule has 0 aromatic rings. The first-order chi connectivity index (χ1) is 18.6. The van der Waals surface area contributed by atoms with Crippen LogP contribution < -0.4 is 0 Å². The summed E-state index contributed by atoms with van der Waals surface area (Å²) in [5, 5.41) is 0. The van der Waals surface area contributed by atoms with Crippen molar-refractivity contribution >= 4 is 13.8 Å². The van der Waals surface area contributed by atoms with E-state index in [4.69, 9.17) is 18.5 Å². The van der Waals surface area contributed by atoms with Gasteiger partial charge in [-0.15, -0.1) is 0 Å². The summed E-state index contributed by atoms with van der Waals surface area (Å²) in [5.74, 6) is -0.319. The molecule has 0 fully saturated rings. The number of likely N-dealkylation sites (N-methyl/N-ethyl adjacent to an activating group) is 1. The van der Waals surface area contributed by atoms with E-state index in [-0.39, 0.29) is 25.8 Å². The Hall–Kier alpha value is -0.500. The lowest BCUT2D eigenvalue weighted by Crippen LogP contribution is -2.37. The van der Waals surface area contributed by atoms with E-state index in [1.54, 1.807) is 0 Å². The topological polar surface area (TPSA) is 91.3 Å². The quantitative estimate of drug-likeness (QED) is 0.0417. The third kappa shape index (κ3) is 28.8.